The summed E-state index contributed by atoms with van der Waals surface area (Å²) in [5, 5.41) is 3.01. The molecule has 6 heteroatoms. The first-order valence-corrected chi connectivity index (χ1v) is 9.54. The summed E-state index contributed by atoms with van der Waals surface area (Å²) in [6, 6.07) is 15.8. The number of imidazole rings is 1. The molecule has 1 atom stereocenters. The fourth-order valence-electron chi connectivity index (χ4n) is 3.42. The summed E-state index contributed by atoms with van der Waals surface area (Å²) in [7, 11) is 0. The highest BCUT2D eigenvalue weighted by Gasteiger charge is 2.21. The molecule has 1 aromatic carbocycles. The lowest BCUT2D eigenvalue weighted by Crippen LogP contribution is -2.32. The van der Waals surface area contributed by atoms with Crippen molar-refractivity contribution in [3.05, 3.63) is 102 Å². The Hall–Kier alpha value is -3.54. The predicted octanol–water partition coefficient (Wildman–Crippen LogP) is 3.55. The van der Waals surface area contributed by atoms with E-state index in [-0.39, 0.29) is 11.7 Å². The van der Waals surface area contributed by atoms with Crippen molar-refractivity contribution < 1.29 is 9.18 Å². The van der Waals surface area contributed by atoms with Crippen molar-refractivity contribution in [3.8, 4) is 0 Å². The molecule has 1 N–H and O–H groups in total. The lowest BCUT2D eigenvalue weighted by atomic mass is 9.91. The maximum Gasteiger partial charge on any atom is 0.227 e. The summed E-state index contributed by atoms with van der Waals surface area (Å²) in [5.41, 5.74) is 2.75. The van der Waals surface area contributed by atoms with Crippen molar-refractivity contribution in [2.45, 2.75) is 18.8 Å². The summed E-state index contributed by atoms with van der Waals surface area (Å²) in [6.45, 7) is 0.470. The molecule has 0 aliphatic heterocycles. The number of aromatic nitrogens is 3. The maximum atomic E-state index is 13.3. The molecule has 0 bridgehead atoms. The largest absolute Gasteiger partial charge is 0.355 e. The standard InChI is InChI=1S/C23H21FN4O/c24-19-8-6-18(7-9-19)21(14-17-4-3-11-25-15-17)23(29)26-12-10-22-27-16-20-5-1-2-13-28(20)22/h1-9,11,13,15-16,21H,10,12,14H2,(H,26,29). The molecule has 0 radical (unpaired) electrons. The van der Waals surface area contributed by atoms with Gasteiger partial charge in [-0.15, -0.1) is 0 Å². The van der Waals surface area contributed by atoms with Crippen molar-refractivity contribution >= 4 is 11.4 Å². The van der Waals surface area contributed by atoms with Crippen LogP contribution >= 0.6 is 0 Å². The van der Waals surface area contributed by atoms with Crippen molar-refractivity contribution in [1.82, 2.24) is 19.7 Å². The van der Waals surface area contributed by atoms with Gasteiger partial charge in [0.15, 0.2) is 0 Å². The van der Waals surface area contributed by atoms with Gasteiger partial charge in [0.2, 0.25) is 5.91 Å². The Balaban J connectivity index is 1.46. The number of hydrogen-bond acceptors (Lipinski definition) is 3. The second-order valence-corrected chi connectivity index (χ2v) is 6.88. The Labute approximate surface area is 168 Å². The van der Waals surface area contributed by atoms with Gasteiger partial charge in [-0.25, -0.2) is 9.37 Å². The Morgan fingerprint density at radius 2 is 1.93 bits per heavy atom. The van der Waals surface area contributed by atoms with Crippen molar-refractivity contribution in [1.29, 1.82) is 0 Å². The van der Waals surface area contributed by atoms with E-state index in [2.05, 4.69) is 15.3 Å². The Bertz CT molecular complexity index is 1090. The number of fused-ring (bicyclic) bond motifs is 1. The molecule has 3 aromatic heterocycles. The van der Waals surface area contributed by atoms with Crippen LogP contribution in [0.3, 0.4) is 0 Å². The molecule has 1 amide bonds. The maximum absolute atomic E-state index is 13.3. The van der Waals surface area contributed by atoms with Crippen LogP contribution in [0.5, 0.6) is 0 Å². The third-order valence-corrected chi connectivity index (χ3v) is 4.91. The van der Waals surface area contributed by atoms with Crippen LogP contribution in [0.4, 0.5) is 4.39 Å². The number of halogens is 1. The van der Waals surface area contributed by atoms with E-state index in [9.17, 15) is 9.18 Å². The van der Waals surface area contributed by atoms with Gasteiger partial charge in [-0.2, -0.15) is 0 Å². The van der Waals surface area contributed by atoms with E-state index < -0.39 is 5.92 Å². The van der Waals surface area contributed by atoms with E-state index in [4.69, 9.17) is 0 Å². The number of rotatable bonds is 7. The minimum Gasteiger partial charge on any atom is -0.355 e. The molecule has 4 rings (SSSR count). The monoisotopic (exact) mass is 388 g/mol. The van der Waals surface area contributed by atoms with Crippen LogP contribution in [-0.4, -0.2) is 26.8 Å². The van der Waals surface area contributed by atoms with Crippen LogP contribution in [0, 0.1) is 5.82 Å². The van der Waals surface area contributed by atoms with E-state index in [0.29, 0.717) is 19.4 Å². The van der Waals surface area contributed by atoms with E-state index in [0.717, 1.165) is 22.5 Å². The Morgan fingerprint density at radius 3 is 2.72 bits per heavy atom. The highest BCUT2D eigenvalue weighted by molar-refractivity contribution is 5.84. The van der Waals surface area contributed by atoms with Crippen molar-refractivity contribution in [2.24, 2.45) is 0 Å². The second kappa shape index (κ2) is 8.65. The fraction of sp³-hybridized carbons (Fsp3) is 0.174. The van der Waals surface area contributed by atoms with E-state index in [1.165, 1.54) is 12.1 Å². The number of carbonyl (C=O) groups is 1. The summed E-state index contributed by atoms with van der Waals surface area (Å²) < 4.78 is 15.4. The van der Waals surface area contributed by atoms with Crippen LogP contribution in [0.15, 0.2) is 79.4 Å². The lowest BCUT2D eigenvalue weighted by molar-refractivity contribution is -0.122. The zero-order valence-electron chi connectivity index (χ0n) is 15.8. The van der Waals surface area contributed by atoms with Crippen LogP contribution in [0.1, 0.15) is 22.9 Å². The van der Waals surface area contributed by atoms with Gasteiger partial charge in [0.1, 0.15) is 11.6 Å². The lowest BCUT2D eigenvalue weighted by Gasteiger charge is -2.17. The predicted molar refractivity (Wildman–Crippen MR) is 109 cm³/mol. The third kappa shape index (κ3) is 4.48. The average Bonchev–Trinajstić information content (AvgIpc) is 3.17. The quantitative estimate of drug-likeness (QED) is 0.527. The molecule has 29 heavy (non-hydrogen) atoms. The number of benzene rings is 1. The van der Waals surface area contributed by atoms with Crippen molar-refractivity contribution in [3.63, 3.8) is 0 Å². The molecule has 0 saturated carbocycles. The molecular weight excluding hydrogens is 367 g/mol. The van der Waals surface area contributed by atoms with E-state index in [1.807, 2.05) is 47.1 Å². The van der Waals surface area contributed by atoms with Crippen molar-refractivity contribution in [2.75, 3.05) is 6.54 Å². The van der Waals surface area contributed by atoms with E-state index >= 15 is 0 Å². The Kier molecular flexibility index (Phi) is 5.61. The van der Waals surface area contributed by atoms with Gasteiger partial charge in [-0.05, 0) is 47.9 Å². The van der Waals surface area contributed by atoms with E-state index in [1.54, 1.807) is 24.5 Å². The molecule has 0 saturated heterocycles. The molecule has 1 unspecified atom stereocenters. The minimum atomic E-state index is -0.420. The second-order valence-electron chi connectivity index (χ2n) is 6.88. The molecule has 146 valence electrons. The smallest absolute Gasteiger partial charge is 0.227 e. The normalized spacial score (nSPS) is 12.0. The van der Waals surface area contributed by atoms with Gasteiger partial charge in [0.25, 0.3) is 0 Å². The van der Waals surface area contributed by atoms with Crippen LogP contribution in [0.25, 0.3) is 5.52 Å². The first-order chi connectivity index (χ1) is 14.2. The third-order valence-electron chi connectivity index (χ3n) is 4.91. The zero-order chi connectivity index (χ0) is 20.1. The van der Waals surface area contributed by atoms with Crippen LogP contribution < -0.4 is 5.32 Å². The SMILES string of the molecule is O=C(NCCc1ncc2ccccn12)C(Cc1cccnc1)c1ccc(F)cc1. The molecular formula is C23H21FN4O. The fourth-order valence-corrected chi connectivity index (χ4v) is 3.42. The number of pyridine rings is 2. The highest BCUT2D eigenvalue weighted by Crippen LogP contribution is 2.21. The average molecular weight is 388 g/mol. The van der Waals surface area contributed by atoms with Gasteiger partial charge in [0.05, 0.1) is 17.6 Å². The van der Waals surface area contributed by atoms with Gasteiger partial charge in [0, 0.05) is 31.6 Å². The molecule has 5 nitrogen and oxygen atoms in total. The summed E-state index contributed by atoms with van der Waals surface area (Å²) >= 11 is 0. The number of amides is 1. The molecule has 0 aliphatic rings. The zero-order valence-corrected chi connectivity index (χ0v) is 15.8. The van der Waals surface area contributed by atoms with Gasteiger partial charge in [-0.1, -0.05) is 24.3 Å². The van der Waals surface area contributed by atoms with Crippen LogP contribution in [0.2, 0.25) is 0 Å². The molecule has 0 spiro atoms. The topological polar surface area (TPSA) is 59.3 Å². The number of carbonyl (C=O) groups excluding carboxylic acids is 1. The molecule has 4 aromatic rings. The van der Waals surface area contributed by atoms with Gasteiger partial charge < -0.3 is 9.72 Å². The first-order valence-electron chi connectivity index (χ1n) is 9.54. The summed E-state index contributed by atoms with van der Waals surface area (Å²) in [4.78, 5) is 21.5. The summed E-state index contributed by atoms with van der Waals surface area (Å²) in [5.74, 6) is 0.0603. The number of hydrogen-bond donors (Lipinski definition) is 1. The number of nitrogens with one attached hydrogen (secondary N) is 1. The van der Waals surface area contributed by atoms with Gasteiger partial charge in [-0.3, -0.25) is 9.78 Å². The highest BCUT2D eigenvalue weighted by atomic mass is 19.1. The molecule has 0 aliphatic carbocycles. The minimum absolute atomic E-state index is 0.0960. The number of nitrogens with zero attached hydrogens (tertiary/aromatic N) is 3. The molecule has 0 fully saturated rings. The van der Waals surface area contributed by atoms with Gasteiger partial charge >= 0.3 is 0 Å². The Morgan fingerprint density at radius 1 is 1.07 bits per heavy atom. The molecule has 3 heterocycles. The summed E-state index contributed by atoms with van der Waals surface area (Å²) in [6.07, 6.45) is 8.35. The first kappa shape index (κ1) is 18.8. The van der Waals surface area contributed by atoms with Crippen LogP contribution in [-0.2, 0) is 17.6 Å².